The Kier molecular flexibility index (Phi) is 5.94. The van der Waals surface area contributed by atoms with Crippen molar-refractivity contribution in [2.45, 2.75) is 57.8 Å². The maximum atomic E-state index is 13.0. The van der Waals surface area contributed by atoms with Gasteiger partial charge in [0.2, 0.25) is 11.8 Å². The van der Waals surface area contributed by atoms with E-state index in [0.717, 1.165) is 37.4 Å². The number of benzene rings is 1. The van der Waals surface area contributed by atoms with Crippen LogP contribution in [0.25, 0.3) is 0 Å². The quantitative estimate of drug-likeness (QED) is 0.631. The van der Waals surface area contributed by atoms with Gasteiger partial charge < -0.3 is 19.4 Å². The van der Waals surface area contributed by atoms with Gasteiger partial charge in [-0.05, 0) is 51.0 Å². The number of nitrogens with zero attached hydrogens (tertiary/aromatic N) is 4. The highest BCUT2D eigenvalue weighted by Gasteiger charge is 2.40. The number of hydrogen-bond donors (Lipinski definition) is 1. The Labute approximate surface area is 205 Å². The fourth-order valence-electron chi connectivity index (χ4n) is 5.44. The molecule has 0 bridgehead atoms. The van der Waals surface area contributed by atoms with Gasteiger partial charge in [0.1, 0.15) is 11.6 Å². The smallest absolute Gasteiger partial charge is 0.410 e. The molecule has 4 amide bonds. The summed E-state index contributed by atoms with van der Waals surface area (Å²) in [4.78, 5) is 57.5. The van der Waals surface area contributed by atoms with E-state index in [-0.39, 0.29) is 30.4 Å². The first kappa shape index (κ1) is 23.6. The molecule has 2 atom stereocenters. The zero-order chi connectivity index (χ0) is 24.9. The molecule has 3 fully saturated rings. The molecule has 10 heteroatoms. The van der Waals surface area contributed by atoms with Crippen LogP contribution in [0.1, 0.15) is 49.5 Å². The molecule has 4 aliphatic heterocycles. The van der Waals surface area contributed by atoms with Crippen LogP contribution in [-0.4, -0.2) is 95.5 Å². The number of hydrogen-bond acceptors (Lipinski definition) is 7. The van der Waals surface area contributed by atoms with Crippen molar-refractivity contribution in [3.8, 4) is 0 Å². The molecule has 0 saturated carbocycles. The van der Waals surface area contributed by atoms with E-state index in [4.69, 9.17) is 4.74 Å². The number of fused-ring (bicyclic) bond motifs is 2. The Morgan fingerprint density at radius 2 is 1.83 bits per heavy atom. The minimum atomic E-state index is -0.610. The Hall–Kier alpha value is -3.14. The van der Waals surface area contributed by atoms with Crippen molar-refractivity contribution in [2.75, 3.05) is 44.2 Å². The fourth-order valence-corrected chi connectivity index (χ4v) is 5.44. The number of amides is 4. The first-order chi connectivity index (χ1) is 16.6. The highest BCUT2D eigenvalue weighted by molar-refractivity contribution is 6.05. The monoisotopic (exact) mass is 483 g/mol. The van der Waals surface area contributed by atoms with Crippen LogP contribution >= 0.6 is 0 Å². The fraction of sp³-hybridized carbons (Fsp3) is 0.600. The minimum Gasteiger partial charge on any atom is -0.444 e. The number of piperazine rings is 2. The minimum absolute atomic E-state index is 0.161. The maximum Gasteiger partial charge on any atom is 0.410 e. The number of nitrogens with one attached hydrogen (secondary N) is 1. The van der Waals surface area contributed by atoms with E-state index in [9.17, 15) is 19.2 Å². The van der Waals surface area contributed by atoms with Crippen LogP contribution < -0.4 is 10.2 Å². The molecule has 3 saturated heterocycles. The lowest BCUT2D eigenvalue weighted by atomic mass is 10.0. The van der Waals surface area contributed by atoms with Crippen molar-refractivity contribution in [1.29, 1.82) is 0 Å². The zero-order valence-corrected chi connectivity index (χ0v) is 20.6. The molecule has 1 aromatic carbocycles. The highest BCUT2D eigenvalue weighted by Crippen LogP contribution is 2.31. The van der Waals surface area contributed by atoms with Gasteiger partial charge in [0, 0.05) is 69.5 Å². The van der Waals surface area contributed by atoms with Gasteiger partial charge in [0.05, 0.1) is 0 Å². The Balaban J connectivity index is 1.26. The second-order valence-corrected chi connectivity index (χ2v) is 10.8. The lowest BCUT2D eigenvalue weighted by Crippen LogP contribution is -2.63. The average molecular weight is 484 g/mol. The van der Waals surface area contributed by atoms with Gasteiger partial charge in [-0.1, -0.05) is 0 Å². The third kappa shape index (κ3) is 4.71. The van der Waals surface area contributed by atoms with E-state index in [1.807, 2.05) is 39.0 Å². The van der Waals surface area contributed by atoms with Crippen molar-refractivity contribution in [3.63, 3.8) is 0 Å². The van der Waals surface area contributed by atoms with Crippen LogP contribution in [0.2, 0.25) is 0 Å². The summed E-state index contributed by atoms with van der Waals surface area (Å²) in [5.41, 5.74) is 2.04. The summed E-state index contributed by atoms with van der Waals surface area (Å²) in [5, 5.41) is 2.35. The summed E-state index contributed by atoms with van der Waals surface area (Å²) in [6, 6.07) is 5.46. The predicted molar refractivity (Wildman–Crippen MR) is 128 cm³/mol. The van der Waals surface area contributed by atoms with Crippen molar-refractivity contribution in [1.82, 2.24) is 20.0 Å². The lowest BCUT2D eigenvalue weighted by Gasteiger charge is -2.47. The average Bonchev–Trinajstić information content (AvgIpc) is 3.12. The molecule has 0 aliphatic carbocycles. The number of carbonyl (C=O) groups is 4. The molecule has 4 aliphatic rings. The highest BCUT2D eigenvalue weighted by atomic mass is 16.6. The maximum absolute atomic E-state index is 13.0. The molecule has 1 aromatic rings. The number of piperidine rings is 1. The van der Waals surface area contributed by atoms with Gasteiger partial charge >= 0.3 is 6.09 Å². The van der Waals surface area contributed by atoms with Crippen LogP contribution in [-0.2, 0) is 20.9 Å². The Bertz CT molecular complexity index is 1070. The summed E-state index contributed by atoms with van der Waals surface area (Å²) in [5.74, 6) is -0.846. The third-order valence-corrected chi connectivity index (χ3v) is 7.22. The molecular formula is C25H33N5O5. The normalized spacial score (nSPS) is 25.3. The molecule has 10 nitrogen and oxygen atoms in total. The van der Waals surface area contributed by atoms with E-state index in [1.165, 1.54) is 0 Å². The topological polar surface area (TPSA) is 102 Å². The van der Waals surface area contributed by atoms with Crippen molar-refractivity contribution >= 4 is 29.5 Å². The molecule has 0 spiro atoms. The standard InChI is InChI=1S/C25H33N5O5/c1-25(2,3)35-24(34)29-11-9-27-8-10-28(14-18(27)15-29)17-4-5-19-16(12-17)13-30(23(19)33)20-6-7-21(31)26-22(20)32/h4-5,12,18,20H,6-11,13-15H2,1-3H3,(H,26,31,32). The largest absolute Gasteiger partial charge is 0.444 e. The first-order valence-corrected chi connectivity index (χ1v) is 12.3. The van der Waals surface area contributed by atoms with Crippen LogP contribution in [0.15, 0.2) is 18.2 Å². The van der Waals surface area contributed by atoms with Crippen molar-refractivity contribution in [3.05, 3.63) is 29.3 Å². The molecule has 4 heterocycles. The molecule has 35 heavy (non-hydrogen) atoms. The van der Waals surface area contributed by atoms with Gasteiger partial charge in [-0.25, -0.2) is 4.79 Å². The predicted octanol–water partition coefficient (Wildman–Crippen LogP) is 1.19. The van der Waals surface area contributed by atoms with E-state index in [1.54, 1.807) is 9.80 Å². The number of imide groups is 1. The molecule has 0 radical (unpaired) electrons. The van der Waals surface area contributed by atoms with Crippen molar-refractivity contribution in [2.24, 2.45) is 0 Å². The molecule has 188 valence electrons. The van der Waals surface area contributed by atoms with Gasteiger partial charge in [-0.3, -0.25) is 24.6 Å². The van der Waals surface area contributed by atoms with E-state index in [0.29, 0.717) is 31.6 Å². The van der Waals surface area contributed by atoms with Gasteiger partial charge in [0.15, 0.2) is 0 Å². The second-order valence-electron chi connectivity index (χ2n) is 10.8. The van der Waals surface area contributed by atoms with Crippen LogP contribution in [0.5, 0.6) is 0 Å². The second kappa shape index (κ2) is 8.82. The number of carbonyl (C=O) groups excluding carboxylic acids is 4. The summed E-state index contributed by atoms with van der Waals surface area (Å²) < 4.78 is 5.57. The van der Waals surface area contributed by atoms with Gasteiger partial charge in [0.25, 0.3) is 5.91 Å². The third-order valence-electron chi connectivity index (χ3n) is 7.22. The van der Waals surface area contributed by atoms with Gasteiger partial charge in [-0.15, -0.1) is 0 Å². The zero-order valence-electron chi connectivity index (χ0n) is 20.6. The van der Waals surface area contributed by atoms with Crippen LogP contribution in [0.3, 0.4) is 0 Å². The van der Waals surface area contributed by atoms with E-state index < -0.39 is 17.6 Å². The number of ether oxygens (including phenoxy) is 1. The van der Waals surface area contributed by atoms with Crippen LogP contribution in [0, 0.1) is 0 Å². The summed E-state index contributed by atoms with van der Waals surface area (Å²) >= 11 is 0. The van der Waals surface area contributed by atoms with Crippen LogP contribution in [0.4, 0.5) is 10.5 Å². The van der Waals surface area contributed by atoms with Gasteiger partial charge in [-0.2, -0.15) is 0 Å². The van der Waals surface area contributed by atoms with E-state index in [2.05, 4.69) is 15.1 Å². The Morgan fingerprint density at radius 1 is 1.06 bits per heavy atom. The lowest BCUT2D eigenvalue weighted by molar-refractivity contribution is -0.136. The molecule has 0 aromatic heterocycles. The number of rotatable bonds is 2. The molecule has 2 unspecified atom stereocenters. The Morgan fingerprint density at radius 3 is 2.57 bits per heavy atom. The molecular weight excluding hydrogens is 450 g/mol. The van der Waals surface area contributed by atoms with E-state index >= 15 is 0 Å². The van der Waals surface area contributed by atoms with Crippen molar-refractivity contribution < 1.29 is 23.9 Å². The molecule has 1 N–H and O–H groups in total. The summed E-state index contributed by atoms with van der Waals surface area (Å²) in [6.07, 6.45) is 0.335. The SMILES string of the molecule is CC(C)(C)OC(=O)N1CCN2CCN(c3ccc4c(c3)CN(C3CCC(=O)NC3=O)C4=O)CC2C1. The summed E-state index contributed by atoms with van der Waals surface area (Å²) in [7, 11) is 0. The number of anilines is 1. The summed E-state index contributed by atoms with van der Waals surface area (Å²) in [6.45, 7) is 10.7. The first-order valence-electron chi connectivity index (χ1n) is 12.3. The molecule has 5 rings (SSSR count).